The van der Waals surface area contributed by atoms with Crippen molar-refractivity contribution in [2.75, 3.05) is 5.84 Å². The van der Waals surface area contributed by atoms with Gasteiger partial charge in [0.2, 0.25) is 5.16 Å². The molecule has 132 valence electrons. The molecule has 1 fully saturated rings. The molecule has 4 rings (SSSR count). The number of rotatable bonds is 6. The molecule has 2 aromatic heterocycles. The third-order valence-electron chi connectivity index (χ3n) is 4.90. The second-order valence-corrected chi connectivity index (χ2v) is 8.73. The number of nitrogen functional groups attached to an aromatic ring is 1. The van der Waals surface area contributed by atoms with E-state index in [1.54, 1.807) is 27.8 Å². The highest BCUT2D eigenvalue weighted by atomic mass is 32.2. The molecule has 0 bridgehead atoms. The molecule has 1 aromatic carbocycles. The summed E-state index contributed by atoms with van der Waals surface area (Å²) in [5, 5.41) is 10.5. The standard InChI is InChI=1S/C18H23N5S2/c19-23-16(11-10-13-6-2-1-3-7-13)21-22-18(23)24-12-17-20-14-8-4-5-9-15(14)25-17/h4-5,8-9,13H,1-3,6-7,10-12,19H2. The number of thiazole rings is 1. The van der Waals surface area contributed by atoms with E-state index in [2.05, 4.69) is 27.3 Å². The monoisotopic (exact) mass is 373 g/mol. The molecule has 0 aliphatic heterocycles. The van der Waals surface area contributed by atoms with Crippen molar-refractivity contribution in [3.63, 3.8) is 0 Å². The molecule has 25 heavy (non-hydrogen) atoms. The van der Waals surface area contributed by atoms with Crippen LogP contribution < -0.4 is 5.84 Å². The molecule has 1 aliphatic rings. The third kappa shape index (κ3) is 3.98. The predicted octanol–water partition coefficient (Wildman–Crippen LogP) is 4.41. The topological polar surface area (TPSA) is 69.6 Å². The van der Waals surface area contributed by atoms with Crippen LogP contribution in [0.1, 0.15) is 49.4 Å². The highest BCUT2D eigenvalue weighted by Gasteiger charge is 2.16. The quantitative estimate of drug-likeness (QED) is 0.512. The average Bonchev–Trinajstić information content (AvgIpc) is 3.22. The van der Waals surface area contributed by atoms with Gasteiger partial charge in [-0.05, 0) is 24.5 Å². The molecule has 2 N–H and O–H groups in total. The van der Waals surface area contributed by atoms with Crippen LogP contribution in [-0.4, -0.2) is 19.9 Å². The van der Waals surface area contributed by atoms with Gasteiger partial charge in [0.25, 0.3) is 0 Å². The van der Waals surface area contributed by atoms with Crippen molar-refractivity contribution in [2.45, 2.75) is 55.9 Å². The number of hydrogen-bond donors (Lipinski definition) is 1. The summed E-state index contributed by atoms with van der Waals surface area (Å²) >= 11 is 3.34. The minimum atomic E-state index is 0.775. The molecule has 5 nitrogen and oxygen atoms in total. The van der Waals surface area contributed by atoms with Gasteiger partial charge in [0, 0.05) is 6.42 Å². The summed E-state index contributed by atoms with van der Waals surface area (Å²) in [6.07, 6.45) is 8.98. The lowest BCUT2D eigenvalue weighted by Gasteiger charge is -2.20. The van der Waals surface area contributed by atoms with E-state index >= 15 is 0 Å². The highest BCUT2D eigenvalue weighted by Crippen LogP contribution is 2.29. The SMILES string of the molecule is Nn1c(CCC2CCCCC2)nnc1SCc1nc2ccccc2s1. The molecule has 7 heteroatoms. The summed E-state index contributed by atoms with van der Waals surface area (Å²) < 4.78 is 2.89. The number of thioether (sulfide) groups is 1. The van der Waals surface area contributed by atoms with E-state index in [4.69, 9.17) is 5.84 Å². The van der Waals surface area contributed by atoms with Gasteiger partial charge in [-0.3, -0.25) is 0 Å². The maximum atomic E-state index is 6.21. The van der Waals surface area contributed by atoms with Crippen molar-refractivity contribution in [2.24, 2.45) is 5.92 Å². The van der Waals surface area contributed by atoms with Gasteiger partial charge < -0.3 is 5.84 Å². The molecule has 0 amide bonds. The highest BCUT2D eigenvalue weighted by molar-refractivity contribution is 7.98. The molecule has 0 saturated heterocycles. The van der Waals surface area contributed by atoms with Crippen LogP contribution in [-0.2, 0) is 12.2 Å². The Hall–Kier alpha value is -1.60. The van der Waals surface area contributed by atoms with Gasteiger partial charge in [0.15, 0.2) is 5.82 Å². The van der Waals surface area contributed by atoms with Gasteiger partial charge in [0.1, 0.15) is 5.01 Å². The maximum absolute atomic E-state index is 6.21. The van der Waals surface area contributed by atoms with Crippen LogP contribution in [0.4, 0.5) is 0 Å². The number of aryl methyl sites for hydroxylation is 1. The molecule has 0 spiro atoms. The van der Waals surface area contributed by atoms with Crippen molar-refractivity contribution in [3.05, 3.63) is 35.1 Å². The number of benzene rings is 1. The van der Waals surface area contributed by atoms with E-state index in [0.29, 0.717) is 0 Å². The largest absolute Gasteiger partial charge is 0.336 e. The first-order valence-corrected chi connectivity index (χ1v) is 10.8. The van der Waals surface area contributed by atoms with Crippen LogP contribution in [0.3, 0.4) is 0 Å². The zero-order valence-corrected chi connectivity index (χ0v) is 15.9. The van der Waals surface area contributed by atoms with Crippen molar-refractivity contribution in [1.29, 1.82) is 0 Å². The Morgan fingerprint density at radius 1 is 1.16 bits per heavy atom. The van der Waals surface area contributed by atoms with Crippen LogP contribution in [0, 0.1) is 5.92 Å². The van der Waals surface area contributed by atoms with Crippen LogP contribution in [0.2, 0.25) is 0 Å². The minimum Gasteiger partial charge on any atom is -0.336 e. The van der Waals surface area contributed by atoms with Gasteiger partial charge in [-0.1, -0.05) is 56.0 Å². The lowest BCUT2D eigenvalue weighted by molar-refractivity contribution is 0.336. The molecule has 0 radical (unpaired) electrons. The van der Waals surface area contributed by atoms with Gasteiger partial charge in [0.05, 0.1) is 16.0 Å². The van der Waals surface area contributed by atoms with Crippen molar-refractivity contribution < 1.29 is 0 Å². The number of fused-ring (bicyclic) bond motifs is 1. The molecular weight excluding hydrogens is 350 g/mol. The average molecular weight is 374 g/mol. The lowest BCUT2D eigenvalue weighted by atomic mass is 9.86. The van der Waals surface area contributed by atoms with E-state index in [1.807, 2.05) is 12.1 Å². The summed E-state index contributed by atoms with van der Waals surface area (Å²) in [5.41, 5.74) is 1.06. The van der Waals surface area contributed by atoms with Gasteiger partial charge in [-0.25, -0.2) is 9.66 Å². The fourth-order valence-electron chi connectivity index (χ4n) is 3.49. The minimum absolute atomic E-state index is 0.775. The van der Waals surface area contributed by atoms with Crippen LogP contribution in [0.5, 0.6) is 0 Å². The molecule has 3 aromatic rings. The maximum Gasteiger partial charge on any atom is 0.210 e. The van der Waals surface area contributed by atoms with Crippen LogP contribution >= 0.6 is 23.1 Å². The van der Waals surface area contributed by atoms with Crippen molar-refractivity contribution >= 4 is 33.3 Å². The summed E-state index contributed by atoms with van der Waals surface area (Å²) in [6, 6.07) is 8.23. The Labute approximate surface area is 156 Å². The first kappa shape index (κ1) is 16.8. The first-order valence-electron chi connectivity index (χ1n) is 8.96. The van der Waals surface area contributed by atoms with Crippen molar-refractivity contribution in [1.82, 2.24) is 19.9 Å². The second kappa shape index (κ2) is 7.74. The number of para-hydroxylation sites is 1. The van der Waals surface area contributed by atoms with E-state index in [-0.39, 0.29) is 0 Å². The smallest absolute Gasteiger partial charge is 0.210 e. The van der Waals surface area contributed by atoms with Crippen LogP contribution in [0.15, 0.2) is 29.4 Å². The number of nitrogens with zero attached hydrogens (tertiary/aromatic N) is 4. The molecule has 1 saturated carbocycles. The van der Waals surface area contributed by atoms with Gasteiger partial charge in [-0.2, -0.15) is 0 Å². The first-order chi connectivity index (χ1) is 12.3. The summed E-state index contributed by atoms with van der Waals surface area (Å²) in [5.74, 6) is 8.72. The Balaban J connectivity index is 1.35. The Morgan fingerprint density at radius 2 is 2.00 bits per heavy atom. The molecule has 2 heterocycles. The van der Waals surface area contributed by atoms with E-state index in [1.165, 1.54) is 43.2 Å². The van der Waals surface area contributed by atoms with Gasteiger partial charge >= 0.3 is 0 Å². The number of aromatic nitrogens is 4. The van der Waals surface area contributed by atoms with Gasteiger partial charge in [-0.15, -0.1) is 21.5 Å². The Morgan fingerprint density at radius 3 is 2.84 bits per heavy atom. The molecule has 0 unspecified atom stereocenters. The Kier molecular flexibility index (Phi) is 5.22. The zero-order valence-electron chi connectivity index (χ0n) is 14.2. The molecular formula is C18H23N5S2. The fraction of sp³-hybridized carbons (Fsp3) is 0.500. The summed E-state index contributed by atoms with van der Waals surface area (Å²) in [7, 11) is 0. The third-order valence-corrected chi connectivity index (χ3v) is 7.07. The van der Waals surface area contributed by atoms with Crippen LogP contribution in [0.25, 0.3) is 10.2 Å². The molecule has 0 atom stereocenters. The zero-order chi connectivity index (χ0) is 17.1. The number of nitrogens with two attached hydrogens (primary N) is 1. The predicted molar refractivity (Wildman–Crippen MR) is 104 cm³/mol. The second-order valence-electron chi connectivity index (χ2n) is 6.68. The van der Waals surface area contributed by atoms with Crippen molar-refractivity contribution in [3.8, 4) is 0 Å². The summed E-state index contributed by atoms with van der Waals surface area (Å²) in [6.45, 7) is 0. The molecule has 1 aliphatic carbocycles. The normalized spacial score (nSPS) is 15.8. The number of hydrogen-bond acceptors (Lipinski definition) is 6. The van der Waals surface area contributed by atoms with E-state index in [9.17, 15) is 0 Å². The lowest BCUT2D eigenvalue weighted by Crippen LogP contribution is -2.16. The Bertz CT molecular complexity index is 802. The fourth-order valence-corrected chi connectivity index (χ4v) is 5.33. The van der Waals surface area contributed by atoms with E-state index < -0.39 is 0 Å². The van der Waals surface area contributed by atoms with E-state index in [0.717, 1.165) is 39.6 Å². The summed E-state index contributed by atoms with van der Waals surface area (Å²) in [4.78, 5) is 4.66.